The number of halogens is 1. The molecule has 6 heteroatoms. The summed E-state index contributed by atoms with van der Waals surface area (Å²) in [5.41, 5.74) is -0.167. The largest absolute Gasteiger partial charge is 0.356 e. The van der Waals surface area contributed by atoms with Crippen molar-refractivity contribution in [2.75, 3.05) is 32.5 Å². The molecule has 1 aromatic rings. The number of hydrogen-bond donors (Lipinski definition) is 2. The average Bonchev–Trinajstić information content (AvgIpc) is 2.18. The van der Waals surface area contributed by atoms with E-state index in [0.29, 0.717) is 10.4 Å². The fraction of sp³-hybridized carbons (Fsp3) is 0.556. The van der Waals surface area contributed by atoms with Gasteiger partial charge in [0.2, 0.25) is 5.95 Å². The van der Waals surface area contributed by atoms with E-state index in [0.717, 1.165) is 19.5 Å². The van der Waals surface area contributed by atoms with Crippen molar-refractivity contribution in [3.8, 4) is 0 Å². The van der Waals surface area contributed by atoms with Crippen LogP contribution in [0, 0.1) is 0 Å². The lowest BCUT2D eigenvalue weighted by molar-refractivity contribution is 0.405. The minimum atomic E-state index is -0.167. The van der Waals surface area contributed by atoms with E-state index in [1.807, 2.05) is 14.1 Å². The van der Waals surface area contributed by atoms with Crippen LogP contribution in [0.15, 0.2) is 15.5 Å². The Bertz CT molecular complexity index is 363. The van der Waals surface area contributed by atoms with Crippen molar-refractivity contribution in [3.63, 3.8) is 0 Å². The van der Waals surface area contributed by atoms with Crippen molar-refractivity contribution in [3.05, 3.63) is 21.0 Å². The third-order valence-corrected chi connectivity index (χ3v) is 2.40. The van der Waals surface area contributed by atoms with Crippen LogP contribution in [0.1, 0.15) is 6.42 Å². The number of nitrogens with one attached hydrogen (secondary N) is 2. The topological polar surface area (TPSA) is 61.0 Å². The normalized spacial score (nSPS) is 10.7. The molecule has 15 heavy (non-hydrogen) atoms. The predicted molar refractivity (Wildman–Crippen MR) is 64.2 cm³/mol. The zero-order chi connectivity index (χ0) is 11.3. The lowest BCUT2D eigenvalue weighted by Gasteiger charge is -2.09. The predicted octanol–water partition coefficient (Wildman–Crippen LogP) is 0.896. The van der Waals surface area contributed by atoms with Crippen molar-refractivity contribution in [2.45, 2.75) is 6.42 Å². The van der Waals surface area contributed by atoms with Gasteiger partial charge >= 0.3 is 0 Å². The third kappa shape index (κ3) is 4.44. The molecule has 84 valence electrons. The molecule has 0 radical (unpaired) electrons. The summed E-state index contributed by atoms with van der Waals surface area (Å²) < 4.78 is 0.446. The van der Waals surface area contributed by atoms with Crippen LogP contribution < -0.4 is 10.9 Å². The van der Waals surface area contributed by atoms with E-state index in [1.165, 1.54) is 6.20 Å². The van der Waals surface area contributed by atoms with Crippen LogP contribution in [0.3, 0.4) is 0 Å². The summed E-state index contributed by atoms with van der Waals surface area (Å²) >= 11 is 3.09. The lowest BCUT2D eigenvalue weighted by Crippen LogP contribution is -2.18. The highest BCUT2D eigenvalue weighted by atomic mass is 79.9. The molecule has 1 heterocycles. The Kier molecular flexibility index (Phi) is 4.77. The highest BCUT2D eigenvalue weighted by molar-refractivity contribution is 9.10. The number of anilines is 1. The van der Waals surface area contributed by atoms with Gasteiger partial charge in [-0.1, -0.05) is 0 Å². The summed E-state index contributed by atoms with van der Waals surface area (Å²) in [6.07, 6.45) is 2.50. The minimum absolute atomic E-state index is 0.167. The maximum atomic E-state index is 11.2. The highest BCUT2D eigenvalue weighted by Crippen LogP contribution is 2.01. The first-order chi connectivity index (χ1) is 7.09. The van der Waals surface area contributed by atoms with Crippen molar-refractivity contribution >= 4 is 21.9 Å². The SMILES string of the molecule is CN(C)CCCNc1ncc(Br)c(=O)[nH]1. The molecular formula is C9H15BrN4O. The Labute approximate surface area is 97.0 Å². The third-order valence-electron chi connectivity index (χ3n) is 1.83. The second-order valence-electron chi connectivity index (χ2n) is 3.49. The standard InChI is InChI=1S/C9H15BrN4O/c1-14(2)5-3-4-11-9-12-6-7(10)8(15)13-9/h6H,3-5H2,1-2H3,(H2,11,12,13,15). The fourth-order valence-electron chi connectivity index (χ4n) is 1.07. The van der Waals surface area contributed by atoms with Gasteiger partial charge in [-0.25, -0.2) is 4.98 Å². The zero-order valence-electron chi connectivity index (χ0n) is 8.88. The van der Waals surface area contributed by atoms with Gasteiger partial charge in [-0.2, -0.15) is 0 Å². The van der Waals surface area contributed by atoms with E-state index < -0.39 is 0 Å². The number of hydrogen-bond acceptors (Lipinski definition) is 4. The lowest BCUT2D eigenvalue weighted by atomic mass is 10.4. The molecule has 0 spiro atoms. The molecule has 0 aromatic carbocycles. The van der Waals surface area contributed by atoms with E-state index >= 15 is 0 Å². The van der Waals surface area contributed by atoms with Crippen molar-refractivity contribution in [1.82, 2.24) is 14.9 Å². The van der Waals surface area contributed by atoms with E-state index in [2.05, 4.69) is 36.1 Å². The highest BCUT2D eigenvalue weighted by Gasteiger charge is 1.98. The monoisotopic (exact) mass is 274 g/mol. The first-order valence-electron chi connectivity index (χ1n) is 4.73. The molecule has 0 aliphatic carbocycles. The van der Waals surface area contributed by atoms with Crippen molar-refractivity contribution < 1.29 is 0 Å². The number of aromatic amines is 1. The first-order valence-corrected chi connectivity index (χ1v) is 5.52. The van der Waals surface area contributed by atoms with E-state index in [4.69, 9.17) is 0 Å². The number of rotatable bonds is 5. The van der Waals surface area contributed by atoms with Gasteiger partial charge in [0.15, 0.2) is 0 Å². The molecule has 0 fully saturated rings. The van der Waals surface area contributed by atoms with Gasteiger partial charge in [0.05, 0.1) is 6.20 Å². The number of aromatic nitrogens is 2. The Hall–Kier alpha value is -0.880. The molecule has 0 aliphatic rings. The van der Waals surface area contributed by atoms with Gasteiger partial charge in [-0.05, 0) is 43.0 Å². The molecular weight excluding hydrogens is 260 g/mol. The minimum Gasteiger partial charge on any atom is -0.356 e. The summed E-state index contributed by atoms with van der Waals surface area (Å²) in [5, 5.41) is 3.05. The van der Waals surface area contributed by atoms with Crippen LogP contribution in [0.4, 0.5) is 5.95 Å². The second kappa shape index (κ2) is 5.87. The Morgan fingerprint density at radius 3 is 2.93 bits per heavy atom. The van der Waals surface area contributed by atoms with Crippen molar-refractivity contribution in [2.24, 2.45) is 0 Å². The molecule has 0 amide bonds. The molecule has 1 rings (SSSR count). The molecule has 0 aliphatic heterocycles. The molecule has 0 saturated carbocycles. The summed E-state index contributed by atoms with van der Waals surface area (Å²) in [4.78, 5) is 20.0. The number of H-pyrrole nitrogens is 1. The van der Waals surface area contributed by atoms with Gasteiger partial charge in [0.1, 0.15) is 4.47 Å². The summed E-state index contributed by atoms with van der Waals surface area (Å²) in [6, 6.07) is 0. The van der Waals surface area contributed by atoms with Gasteiger partial charge in [-0.15, -0.1) is 0 Å². The van der Waals surface area contributed by atoms with E-state index in [-0.39, 0.29) is 5.56 Å². The molecule has 0 atom stereocenters. The van der Waals surface area contributed by atoms with Gasteiger partial charge in [-0.3, -0.25) is 9.78 Å². The maximum absolute atomic E-state index is 11.2. The molecule has 2 N–H and O–H groups in total. The van der Waals surface area contributed by atoms with Gasteiger partial charge in [0.25, 0.3) is 5.56 Å². The summed E-state index contributed by atoms with van der Waals surface area (Å²) in [5.74, 6) is 0.516. The molecule has 0 bridgehead atoms. The van der Waals surface area contributed by atoms with Crippen LogP contribution in [0.5, 0.6) is 0 Å². The molecule has 5 nitrogen and oxygen atoms in total. The molecule has 1 aromatic heterocycles. The van der Waals surface area contributed by atoms with Crippen LogP contribution in [-0.4, -0.2) is 42.1 Å². The quantitative estimate of drug-likeness (QED) is 0.784. The number of nitrogens with zero attached hydrogens (tertiary/aromatic N) is 2. The smallest absolute Gasteiger partial charge is 0.266 e. The Morgan fingerprint density at radius 1 is 1.60 bits per heavy atom. The van der Waals surface area contributed by atoms with Crippen LogP contribution in [0.25, 0.3) is 0 Å². The average molecular weight is 275 g/mol. The molecule has 0 unspecified atom stereocenters. The van der Waals surface area contributed by atoms with Crippen molar-refractivity contribution in [1.29, 1.82) is 0 Å². The first kappa shape index (κ1) is 12.2. The van der Waals surface area contributed by atoms with Gasteiger partial charge in [0, 0.05) is 6.54 Å². The Morgan fingerprint density at radius 2 is 2.33 bits per heavy atom. The Balaban J connectivity index is 2.38. The summed E-state index contributed by atoms with van der Waals surface area (Å²) in [7, 11) is 4.06. The fourth-order valence-corrected chi connectivity index (χ4v) is 1.27. The van der Waals surface area contributed by atoms with Crippen LogP contribution in [0.2, 0.25) is 0 Å². The summed E-state index contributed by atoms with van der Waals surface area (Å²) in [6.45, 7) is 1.80. The molecule has 0 saturated heterocycles. The van der Waals surface area contributed by atoms with E-state index in [1.54, 1.807) is 0 Å². The maximum Gasteiger partial charge on any atom is 0.266 e. The van der Waals surface area contributed by atoms with Crippen LogP contribution >= 0.6 is 15.9 Å². The van der Waals surface area contributed by atoms with Crippen LogP contribution in [-0.2, 0) is 0 Å². The van der Waals surface area contributed by atoms with Gasteiger partial charge < -0.3 is 10.2 Å². The zero-order valence-corrected chi connectivity index (χ0v) is 10.5. The van der Waals surface area contributed by atoms with E-state index in [9.17, 15) is 4.79 Å². The second-order valence-corrected chi connectivity index (χ2v) is 4.35.